The van der Waals surface area contributed by atoms with Crippen molar-refractivity contribution < 1.29 is 9.84 Å². The summed E-state index contributed by atoms with van der Waals surface area (Å²) in [5, 5.41) is 13.4. The maximum Gasteiger partial charge on any atom is 0.0948 e. The quantitative estimate of drug-likeness (QED) is 0.693. The molecule has 3 saturated heterocycles. The van der Waals surface area contributed by atoms with E-state index in [-0.39, 0.29) is 12.1 Å². The molecule has 3 aliphatic rings. The van der Waals surface area contributed by atoms with Crippen molar-refractivity contribution in [1.29, 1.82) is 0 Å². The van der Waals surface area contributed by atoms with Gasteiger partial charge in [0.2, 0.25) is 0 Å². The third-order valence-corrected chi connectivity index (χ3v) is 4.33. The minimum absolute atomic E-state index is 0.159. The average Bonchev–Trinajstić information content (AvgIpc) is 2.88. The summed E-state index contributed by atoms with van der Waals surface area (Å²) >= 11 is 0. The highest BCUT2D eigenvalue weighted by Gasteiger charge is 2.38. The molecule has 4 atom stereocenters. The first-order valence-corrected chi connectivity index (χ1v) is 6.60. The minimum atomic E-state index is -0.308. The molecule has 0 saturated carbocycles. The van der Waals surface area contributed by atoms with Gasteiger partial charge in [0, 0.05) is 18.6 Å². The highest BCUT2D eigenvalue weighted by Crippen LogP contribution is 2.27. The lowest BCUT2D eigenvalue weighted by molar-refractivity contribution is 0.118. The highest BCUT2D eigenvalue weighted by molar-refractivity contribution is 4.97. The van der Waals surface area contributed by atoms with Crippen molar-refractivity contribution in [3.05, 3.63) is 0 Å². The van der Waals surface area contributed by atoms with E-state index in [1.54, 1.807) is 0 Å². The van der Waals surface area contributed by atoms with E-state index in [1.165, 1.54) is 38.8 Å². The Balaban J connectivity index is 1.58. The molecule has 3 heterocycles. The molecule has 0 aromatic carbocycles. The number of nitrogens with zero attached hydrogens (tertiary/aromatic N) is 1. The number of ether oxygens (including phenoxy) is 1. The molecule has 3 rings (SSSR count). The summed E-state index contributed by atoms with van der Waals surface area (Å²) in [4.78, 5) is 2.61. The van der Waals surface area contributed by atoms with Gasteiger partial charge >= 0.3 is 0 Å². The average molecular weight is 226 g/mol. The zero-order chi connectivity index (χ0) is 11.0. The number of aliphatic hydroxyl groups is 1. The summed E-state index contributed by atoms with van der Waals surface area (Å²) in [7, 11) is 0. The van der Waals surface area contributed by atoms with Gasteiger partial charge in [-0.25, -0.2) is 0 Å². The molecule has 4 heteroatoms. The second-order valence-corrected chi connectivity index (χ2v) is 5.37. The van der Waals surface area contributed by atoms with Crippen LogP contribution in [0.2, 0.25) is 0 Å². The molecule has 0 bridgehead atoms. The summed E-state index contributed by atoms with van der Waals surface area (Å²) < 4.78 is 5.29. The van der Waals surface area contributed by atoms with Gasteiger partial charge < -0.3 is 15.2 Å². The molecule has 3 aliphatic heterocycles. The molecule has 2 N–H and O–H groups in total. The predicted molar refractivity (Wildman–Crippen MR) is 61.4 cm³/mol. The zero-order valence-electron chi connectivity index (χ0n) is 9.77. The van der Waals surface area contributed by atoms with Gasteiger partial charge in [-0.05, 0) is 25.8 Å². The van der Waals surface area contributed by atoms with Crippen molar-refractivity contribution in [3.63, 3.8) is 0 Å². The lowest BCUT2D eigenvalue weighted by atomic mass is 9.98. The SMILES string of the molecule is OC1COCC1NC1CCN2CCCCC12. The molecule has 0 radical (unpaired) electrons. The third-order valence-electron chi connectivity index (χ3n) is 4.33. The van der Waals surface area contributed by atoms with Crippen LogP contribution in [0.4, 0.5) is 0 Å². The van der Waals surface area contributed by atoms with Gasteiger partial charge in [0.15, 0.2) is 0 Å². The normalized spacial score (nSPS) is 44.8. The summed E-state index contributed by atoms with van der Waals surface area (Å²) in [5.41, 5.74) is 0. The Morgan fingerprint density at radius 1 is 1.06 bits per heavy atom. The Bertz CT molecular complexity index is 249. The molecular weight excluding hydrogens is 204 g/mol. The van der Waals surface area contributed by atoms with Crippen molar-refractivity contribution in [2.45, 2.75) is 49.9 Å². The Morgan fingerprint density at radius 2 is 2.00 bits per heavy atom. The van der Waals surface area contributed by atoms with Crippen molar-refractivity contribution in [2.24, 2.45) is 0 Å². The van der Waals surface area contributed by atoms with Crippen molar-refractivity contribution in [2.75, 3.05) is 26.3 Å². The summed E-state index contributed by atoms with van der Waals surface area (Å²) in [6.45, 7) is 3.67. The van der Waals surface area contributed by atoms with E-state index in [9.17, 15) is 5.11 Å². The second kappa shape index (κ2) is 4.61. The Kier molecular flexibility index (Phi) is 3.16. The van der Waals surface area contributed by atoms with Crippen LogP contribution in [0.3, 0.4) is 0 Å². The Morgan fingerprint density at radius 3 is 2.81 bits per heavy atom. The molecule has 92 valence electrons. The number of hydrogen-bond donors (Lipinski definition) is 2. The molecule has 0 spiro atoms. The fourth-order valence-electron chi connectivity index (χ4n) is 3.42. The maximum atomic E-state index is 9.74. The largest absolute Gasteiger partial charge is 0.389 e. The van der Waals surface area contributed by atoms with Crippen LogP contribution in [-0.2, 0) is 4.74 Å². The molecule has 16 heavy (non-hydrogen) atoms. The van der Waals surface area contributed by atoms with Gasteiger partial charge in [-0.3, -0.25) is 4.90 Å². The second-order valence-electron chi connectivity index (χ2n) is 5.37. The third kappa shape index (κ3) is 1.99. The smallest absolute Gasteiger partial charge is 0.0948 e. The molecule has 0 amide bonds. The summed E-state index contributed by atoms with van der Waals surface area (Å²) in [5.74, 6) is 0. The topological polar surface area (TPSA) is 44.7 Å². The van der Waals surface area contributed by atoms with Gasteiger partial charge in [0.05, 0.1) is 25.4 Å². The lowest BCUT2D eigenvalue weighted by Crippen LogP contribution is -2.51. The molecule has 3 fully saturated rings. The Labute approximate surface area is 97.0 Å². The van der Waals surface area contributed by atoms with Crippen LogP contribution in [0.5, 0.6) is 0 Å². The van der Waals surface area contributed by atoms with E-state index < -0.39 is 0 Å². The van der Waals surface area contributed by atoms with E-state index in [1.807, 2.05) is 0 Å². The van der Waals surface area contributed by atoms with E-state index in [2.05, 4.69) is 10.2 Å². The van der Waals surface area contributed by atoms with Crippen LogP contribution in [0.15, 0.2) is 0 Å². The van der Waals surface area contributed by atoms with E-state index in [0.29, 0.717) is 25.3 Å². The Hall–Kier alpha value is -0.160. The number of aliphatic hydroxyl groups excluding tert-OH is 1. The molecular formula is C12H22N2O2. The van der Waals surface area contributed by atoms with Crippen molar-refractivity contribution in [3.8, 4) is 0 Å². The van der Waals surface area contributed by atoms with Crippen LogP contribution in [-0.4, -0.2) is 60.5 Å². The molecule has 0 aromatic rings. The number of fused-ring (bicyclic) bond motifs is 1. The van der Waals surface area contributed by atoms with Crippen LogP contribution < -0.4 is 5.32 Å². The number of nitrogens with one attached hydrogen (secondary N) is 1. The molecule has 4 unspecified atom stereocenters. The molecule has 4 nitrogen and oxygen atoms in total. The van der Waals surface area contributed by atoms with E-state index in [0.717, 1.165) is 0 Å². The van der Waals surface area contributed by atoms with Crippen LogP contribution >= 0.6 is 0 Å². The lowest BCUT2D eigenvalue weighted by Gasteiger charge is -2.34. The fraction of sp³-hybridized carbons (Fsp3) is 1.00. The standard InChI is InChI=1S/C12H22N2O2/c15-12-8-16-7-10(12)13-9-4-6-14-5-2-1-3-11(9)14/h9-13,15H,1-8H2. The monoisotopic (exact) mass is 226 g/mol. The van der Waals surface area contributed by atoms with Crippen molar-refractivity contribution in [1.82, 2.24) is 10.2 Å². The van der Waals surface area contributed by atoms with Gasteiger partial charge in [-0.15, -0.1) is 0 Å². The van der Waals surface area contributed by atoms with Crippen LogP contribution in [0, 0.1) is 0 Å². The van der Waals surface area contributed by atoms with Gasteiger partial charge in [-0.2, -0.15) is 0 Å². The zero-order valence-corrected chi connectivity index (χ0v) is 9.77. The van der Waals surface area contributed by atoms with Gasteiger partial charge in [0.25, 0.3) is 0 Å². The highest BCUT2D eigenvalue weighted by atomic mass is 16.5. The van der Waals surface area contributed by atoms with Crippen LogP contribution in [0.1, 0.15) is 25.7 Å². The predicted octanol–water partition coefficient (Wildman–Crippen LogP) is -0.0375. The summed E-state index contributed by atoms with van der Waals surface area (Å²) in [6.07, 6.45) is 4.97. The van der Waals surface area contributed by atoms with E-state index >= 15 is 0 Å². The van der Waals surface area contributed by atoms with Gasteiger partial charge in [0.1, 0.15) is 0 Å². The van der Waals surface area contributed by atoms with Crippen LogP contribution in [0.25, 0.3) is 0 Å². The first-order valence-electron chi connectivity index (χ1n) is 6.60. The summed E-state index contributed by atoms with van der Waals surface area (Å²) in [6, 6.07) is 1.44. The fourth-order valence-corrected chi connectivity index (χ4v) is 3.42. The molecule has 0 aliphatic carbocycles. The molecule has 0 aromatic heterocycles. The number of rotatable bonds is 2. The first kappa shape index (κ1) is 11.0. The van der Waals surface area contributed by atoms with Crippen molar-refractivity contribution >= 4 is 0 Å². The van der Waals surface area contributed by atoms with Gasteiger partial charge in [-0.1, -0.05) is 6.42 Å². The number of hydrogen-bond acceptors (Lipinski definition) is 4. The number of piperidine rings is 1. The maximum absolute atomic E-state index is 9.74. The van der Waals surface area contributed by atoms with E-state index in [4.69, 9.17) is 4.74 Å². The minimum Gasteiger partial charge on any atom is -0.389 e. The first-order chi connectivity index (χ1) is 7.84.